The molecule has 1 amide bonds. The van der Waals surface area contributed by atoms with Gasteiger partial charge in [-0.15, -0.1) is 0 Å². The van der Waals surface area contributed by atoms with Gasteiger partial charge in [0.05, 0.1) is 10.6 Å². The standard InChI is InChI=1S/C31H35N3O3S/c1-6-29(35)34-25-13-7-11-22(16-25)24-18-27-28(20-33-30(27)32-19-24)23-12-8-14-26(17-23)38(36,37)15-9-10-21(2)31(3,4)5/h6-8,11-14,16-21H,1,9-10,15H2,2-5H3,(H,32,33)(H,34,35). The number of aromatic amines is 1. The molecule has 0 radical (unpaired) electrons. The maximum Gasteiger partial charge on any atom is 0.247 e. The van der Waals surface area contributed by atoms with E-state index in [-0.39, 0.29) is 17.1 Å². The summed E-state index contributed by atoms with van der Waals surface area (Å²) < 4.78 is 26.3. The molecule has 198 valence electrons. The largest absolute Gasteiger partial charge is 0.346 e. The number of aromatic nitrogens is 2. The Hall–Kier alpha value is -3.71. The average Bonchev–Trinajstić information content (AvgIpc) is 3.31. The molecule has 4 aromatic rings. The summed E-state index contributed by atoms with van der Waals surface area (Å²) in [5.41, 5.74) is 5.00. The van der Waals surface area contributed by atoms with Gasteiger partial charge < -0.3 is 10.3 Å². The zero-order valence-corrected chi connectivity index (χ0v) is 23.2. The van der Waals surface area contributed by atoms with Gasteiger partial charge in [-0.05, 0) is 71.7 Å². The van der Waals surface area contributed by atoms with Gasteiger partial charge in [0.15, 0.2) is 9.84 Å². The van der Waals surface area contributed by atoms with E-state index in [9.17, 15) is 13.2 Å². The molecule has 1 unspecified atom stereocenters. The first kappa shape index (κ1) is 27.3. The van der Waals surface area contributed by atoms with Crippen molar-refractivity contribution < 1.29 is 13.2 Å². The molecule has 0 bridgehead atoms. The Morgan fingerprint density at radius 1 is 1.08 bits per heavy atom. The van der Waals surface area contributed by atoms with E-state index in [1.807, 2.05) is 42.6 Å². The first-order valence-electron chi connectivity index (χ1n) is 12.8. The van der Waals surface area contributed by atoms with Gasteiger partial charge in [0.25, 0.3) is 0 Å². The van der Waals surface area contributed by atoms with Crippen LogP contribution in [-0.4, -0.2) is 30.0 Å². The summed E-state index contributed by atoms with van der Waals surface area (Å²) in [5, 5.41) is 3.66. The lowest BCUT2D eigenvalue weighted by Crippen LogP contribution is -2.18. The summed E-state index contributed by atoms with van der Waals surface area (Å²) in [7, 11) is -3.40. The van der Waals surface area contributed by atoms with Crippen LogP contribution in [0.25, 0.3) is 33.3 Å². The van der Waals surface area contributed by atoms with E-state index in [2.05, 4.69) is 49.6 Å². The van der Waals surface area contributed by atoms with Gasteiger partial charge >= 0.3 is 0 Å². The molecule has 2 heterocycles. The zero-order valence-electron chi connectivity index (χ0n) is 22.4. The lowest BCUT2D eigenvalue weighted by Gasteiger charge is -2.27. The van der Waals surface area contributed by atoms with Crippen LogP contribution < -0.4 is 5.32 Å². The van der Waals surface area contributed by atoms with E-state index < -0.39 is 9.84 Å². The number of nitrogens with zero attached hydrogens (tertiary/aromatic N) is 1. The molecule has 38 heavy (non-hydrogen) atoms. The maximum atomic E-state index is 13.2. The minimum atomic E-state index is -3.40. The van der Waals surface area contributed by atoms with Gasteiger partial charge in [-0.2, -0.15) is 0 Å². The molecule has 2 aromatic carbocycles. The molecule has 4 rings (SSSR count). The topological polar surface area (TPSA) is 91.9 Å². The molecule has 2 aromatic heterocycles. The van der Waals surface area contributed by atoms with Gasteiger partial charge in [-0.25, -0.2) is 13.4 Å². The van der Waals surface area contributed by atoms with Gasteiger partial charge in [0, 0.05) is 34.6 Å². The Kier molecular flexibility index (Phi) is 7.88. The molecule has 0 saturated carbocycles. The molecule has 0 aliphatic heterocycles. The lowest BCUT2D eigenvalue weighted by molar-refractivity contribution is -0.111. The number of nitrogens with one attached hydrogen (secondary N) is 2. The second kappa shape index (κ2) is 11.0. The fourth-order valence-electron chi connectivity index (χ4n) is 4.36. The highest BCUT2D eigenvalue weighted by Gasteiger charge is 2.22. The normalized spacial score (nSPS) is 12.8. The summed E-state index contributed by atoms with van der Waals surface area (Å²) in [5.74, 6) is 0.299. The van der Waals surface area contributed by atoms with Crippen molar-refractivity contribution in [3.8, 4) is 22.3 Å². The molecule has 0 fully saturated rings. The third-order valence-corrected chi connectivity index (χ3v) is 9.01. The van der Waals surface area contributed by atoms with Gasteiger partial charge in [0.2, 0.25) is 5.91 Å². The SMILES string of the molecule is C=CC(=O)Nc1cccc(-c2cnc3[nH]cc(-c4cccc(S(=O)(=O)CCCC(C)C(C)(C)C)c4)c3c2)c1. The fraction of sp³-hybridized carbons (Fsp3) is 0.290. The summed E-state index contributed by atoms with van der Waals surface area (Å²) >= 11 is 0. The van der Waals surface area contributed by atoms with E-state index in [4.69, 9.17) is 0 Å². The smallest absolute Gasteiger partial charge is 0.247 e. The Balaban J connectivity index is 1.61. The van der Waals surface area contributed by atoms with Crippen molar-refractivity contribution in [2.24, 2.45) is 11.3 Å². The van der Waals surface area contributed by atoms with Crippen LogP contribution >= 0.6 is 0 Å². The fourth-order valence-corrected chi connectivity index (χ4v) is 5.73. The van der Waals surface area contributed by atoms with Crippen molar-refractivity contribution >= 4 is 32.5 Å². The van der Waals surface area contributed by atoms with Crippen molar-refractivity contribution in [3.63, 3.8) is 0 Å². The third kappa shape index (κ3) is 6.22. The number of benzene rings is 2. The number of rotatable bonds is 9. The monoisotopic (exact) mass is 529 g/mol. The van der Waals surface area contributed by atoms with Crippen LogP contribution in [0.1, 0.15) is 40.5 Å². The van der Waals surface area contributed by atoms with E-state index in [1.54, 1.807) is 24.4 Å². The van der Waals surface area contributed by atoms with Gasteiger partial charge in [-0.3, -0.25) is 4.79 Å². The summed E-state index contributed by atoms with van der Waals surface area (Å²) in [6, 6.07) is 16.7. The number of fused-ring (bicyclic) bond motifs is 1. The number of amides is 1. The minimum absolute atomic E-state index is 0.134. The summed E-state index contributed by atoms with van der Waals surface area (Å²) in [6.45, 7) is 12.2. The molecule has 0 spiro atoms. The molecule has 0 aliphatic carbocycles. The zero-order chi connectivity index (χ0) is 27.5. The Morgan fingerprint density at radius 2 is 1.82 bits per heavy atom. The number of carbonyl (C=O) groups is 1. The number of hydrogen-bond acceptors (Lipinski definition) is 4. The number of pyridine rings is 1. The number of anilines is 1. The highest BCUT2D eigenvalue weighted by molar-refractivity contribution is 7.91. The van der Waals surface area contributed by atoms with Gasteiger partial charge in [-0.1, -0.05) is 58.5 Å². The first-order chi connectivity index (χ1) is 18.0. The Labute approximate surface area is 225 Å². The van der Waals surface area contributed by atoms with Crippen LogP contribution in [0.2, 0.25) is 0 Å². The van der Waals surface area contributed by atoms with Crippen LogP contribution in [0.3, 0.4) is 0 Å². The van der Waals surface area contributed by atoms with Crippen LogP contribution in [0, 0.1) is 11.3 Å². The molecular weight excluding hydrogens is 494 g/mol. The molecule has 1 atom stereocenters. The van der Waals surface area contributed by atoms with Crippen LogP contribution in [-0.2, 0) is 14.6 Å². The average molecular weight is 530 g/mol. The van der Waals surface area contributed by atoms with Crippen molar-refractivity contribution in [3.05, 3.63) is 79.6 Å². The van der Waals surface area contributed by atoms with Crippen LogP contribution in [0.4, 0.5) is 5.69 Å². The number of carbonyl (C=O) groups excluding carboxylic acids is 1. The molecule has 0 aliphatic rings. The van der Waals surface area contributed by atoms with Crippen molar-refractivity contribution in [1.82, 2.24) is 9.97 Å². The maximum absolute atomic E-state index is 13.2. The van der Waals surface area contributed by atoms with Gasteiger partial charge in [0.1, 0.15) is 5.65 Å². The third-order valence-electron chi connectivity index (χ3n) is 7.21. The second-order valence-electron chi connectivity index (χ2n) is 10.9. The predicted molar refractivity (Wildman–Crippen MR) is 156 cm³/mol. The molecule has 0 saturated heterocycles. The number of H-pyrrole nitrogens is 1. The van der Waals surface area contributed by atoms with Crippen LogP contribution in [0.15, 0.2) is 84.5 Å². The number of sulfone groups is 1. The van der Waals surface area contributed by atoms with E-state index in [1.165, 1.54) is 6.08 Å². The Bertz CT molecular complexity index is 1580. The quantitative estimate of drug-likeness (QED) is 0.223. The number of hydrogen-bond donors (Lipinski definition) is 2. The highest BCUT2D eigenvalue weighted by Crippen LogP contribution is 2.33. The lowest BCUT2D eigenvalue weighted by atomic mass is 9.80. The highest BCUT2D eigenvalue weighted by atomic mass is 32.2. The van der Waals surface area contributed by atoms with E-state index in [0.29, 0.717) is 28.6 Å². The first-order valence-corrected chi connectivity index (χ1v) is 14.5. The second-order valence-corrected chi connectivity index (χ2v) is 13.0. The predicted octanol–water partition coefficient (Wildman–Crippen LogP) is 7.26. The molecular formula is C31H35N3O3S. The molecule has 6 nitrogen and oxygen atoms in total. The summed E-state index contributed by atoms with van der Waals surface area (Å²) in [6.07, 6.45) is 6.37. The van der Waals surface area contributed by atoms with Crippen LogP contribution in [0.5, 0.6) is 0 Å². The van der Waals surface area contributed by atoms with Crippen molar-refractivity contribution in [2.45, 2.75) is 45.4 Å². The summed E-state index contributed by atoms with van der Waals surface area (Å²) in [4.78, 5) is 19.8. The van der Waals surface area contributed by atoms with E-state index >= 15 is 0 Å². The minimum Gasteiger partial charge on any atom is -0.346 e. The Morgan fingerprint density at radius 3 is 2.55 bits per heavy atom. The molecule has 2 N–H and O–H groups in total. The van der Waals surface area contributed by atoms with Crippen molar-refractivity contribution in [2.75, 3.05) is 11.1 Å². The molecule has 7 heteroatoms. The van der Waals surface area contributed by atoms with E-state index in [0.717, 1.165) is 34.1 Å². The van der Waals surface area contributed by atoms with Crippen molar-refractivity contribution in [1.29, 1.82) is 0 Å².